The van der Waals surface area contributed by atoms with E-state index in [1.165, 1.54) is 5.56 Å². The van der Waals surface area contributed by atoms with E-state index in [-0.39, 0.29) is 11.9 Å². The monoisotopic (exact) mass is 278 g/mol. The number of rotatable bonds is 1. The maximum absolute atomic E-state index is 12.9. The van der Waals surface area contributed by atoms with E-state index in [1.807, 2.05) is 18.2 Å². The van der Waals surface area contributed by atoms with Gasteiger partial charge in [0.2, 0.25) is 0 Å². The average molecular weight is 278 g/mol. The zero-order valence-corrected chi connectivity index (χ0v) is 12.1. The second kappa shape index (κ2) is 4.54. The van der Waals surface area contributed by atoms with Gasteiger partial charge in [0.15, 0.2) is 11.4 Å². The Morgan fingerprint density at radius 2 is 1.86 bits per heavy atom. The van der Waals surface area contributed by atoms with Gasteiger partial charge in [0, 0.05) is 5.56 Å². The normalized spacial score (nSPS) is 27.3. The minimum Gasteiger partial charge on any atom is -0.352 e. The van der Waals surface area contributed by atoms with E-state index in [0.717, 1.165) is 36.0 Å². The lowest BCUT2D eigenvalue weighted by Crippen LogP contribution is -2.24. The van der Waals surface area contributed by atoms with Crippen LogP contribution >= 0.6 is 0 Å². The van der Waals surface area contributed by atoms with Gasteiger partial charge in [-0.15, -0.1) is 0 Å². The lowest BCUT2D eigenvalue weighted by Gasteiger charge is -2.09. The Bertz CT molecular complexity index is 702. The van der Waals surface area contributed by atoms with Crippen molar-refractivity contribution in [1.29, 1.82) is 0 Å². The molecule has 2 heteroatoms. The van der Waals surface area contributed by atoms with Crippen molar-refractivity contribution in [3.8, 4) is 0 Å². The van der Waals surface area contributed by atoms with Crippen molar-refractivity contribution in [2.75, 3.05) is 0 Å². The lowest BCUT2D eigenvalue weighted by molar-refractivity contribution is 0.0867. The molecule has 0 bridgehead atoms. The van der Waals surface area contributed by atoms with Crippen molar-refractivity contribution in [2.45, 2.75) is 37.9 Å². The second-order valence-electron chi connectivity index (χ2n) is 6.14. The predicted octanol–water partition coefficient (Wildman–Crippen LogP) is 4.02. The van der Waals surface area contributed by atoms with Gasteiger partial charge in [0.1, 0.15) is 6.10 Å². The number of Topliss-reactive ketones (excluding diaryl/α,β-unsaturated/α-hetero) is 1. The molecule has 2 aromatic carbocycles. The summed E-state index contributed by atoms with van der Waals surface area (Å²) in [6.45, 7) is 2.07. The largest absolute Gasteiger partial charge is 0.352 e. The number of hydrogen-bond donors (Lipinski definition) is 0. The molecule has 1 fully saturated rings. The summed E-state index contributed by atoms with van der Waals surface area (Å²) in [5.74, 6) is 0.168. The number of ketones is 1. The van der Waals surface area contributed by atoms with Crippen LogP contribution in [0, 0.1) is 6.92 Å². The summed E-state index contributed by atoms with van der Waals surface area (Å²) < 4.78 is 5.97. The molecule has 1 heterocycles. The van der Waals surface area contributed by atoms with Crippen LogP contribution in [0.25, 0.3) is 0 Å². The summed E-state index contributed by atoms with van der Waals surface area (Å²) in [7, 11) is 0. The van der Waals surface area contributed by atoms with Gasteiger partial charge >= 0.3 is 0 Å². The van der Waals surface area contributed by atoms with Crippen LogP contribution in [0.3, 0.4) is 0 Å². The number of hydrogen-bond acceptors (Lipinski definition) is 2. The topological polar surface area (TPSA) is 29.6 Å². The number of fused-ring (bicyclic) bond motifs is 1. The first kappa shape index (κ1) is 12.8. The fourth-order valence-corrected chi connectivity index (χ4v) is 3.46. The maximum Gasteiger partial charge on any atom is 0.197 e. The van der Waals surface area contributed by atoms with Crippen molar-refractivity contribution in [1.82, 2.24) is 0 Å². The highest BCUT2D eigenvalue weighted by Gasteiger charge is 2.62. The third-order valence-electron chi connectivity index (χ3n) is 4.72. The maximum atomic E-state index is 12.9. The minimum atomic E-state index is -0.609. The van der Waals surface area contributed by atoms with Gasteiger partial charge in [0.25, 0.3) is 0 Å². The van der Waals surface area contributed by atoms with Crippen molar-refractivity contribution < 1.29 is 9.53 Å². The summed E-state index contributed by atoms with van der Waals surface area (Å²) in [6.07, 6.45) is 2.72. The van der Waals surface area contributed by atoms with Crippen LogP contribution in [-0.2, 0) is 11.2 Å². The number of ether oxygens (including phenoxy) is 1. The van der Waals surface area contributed by atoms with Gasteiger partial charge in [0.05, 0.1) is 0 Å². The van der Waals surface area contributed by atoms with Gasteiger partial charge in [-0.2, -0.15) is 0 Å². The molecule has 1 spiro atoms. The first-order valence-corrected chi connectivity index (χ1v) is 7.58. The zero-order chi connectivity index (χ0) is 14.4. The Kier molecular flexibility index (Phi) is 2.76. The summed E-state index contributed by atoms with van der Waals surface area (Å²) in [4.78, 5) is 12.9. The molecule has 2 aliphatic rings. The van der Waals surface area contributed by atoms with Crippen LogP contribution in [0.5, 0.6) is 0 Å². The highest BCUT2D eigenvalue weighted by atomic mass is 16.6. The van der Waals surface area contributed by atoms with Crippen molar-refractivity contribution in [3.05, 3.63) is 70.8 Å². The fourth-order valence-electron chi connectivity index (χ4n) is 3.46. The molecule has 2 nitrogen and oxygen atoms in total. The standard InChI is InChI=1S/C19H18O2/c1-13-8-10-15(11-9-13)18-19(21-18)12-4-6-14-5-2-3-7-16(14)17(19)20/h2-3,5,7-11,18H,4,6,12H2,1H3/t18-,19-/m0/s1. The van der Waals surface area contributed by atoms with E-state index >= 15 is 0 Å². The summed E-state index contributed by atoms with van der Waals surface area (Å²) >= 11 is 0. The van der Waals surface area contributed by atoms with Crippen molar-refractivity contribution in [2.24, 2.45) is 0 Å². The first-order chi connectivity index (χ1) is 10.2. The fraction of sp³-hybridized carbons (Fsp3) is 0.316. The first-order valence-electron chi connectivity index (χ1n) is 7.58. The van der Waals surface area contributed by atoms with Gasteiger partial charge in [-0.05, 0) is 37.3 Å². The smallest absolute Gasteiger partial charge is 0.197 e. The van der Waals surface area contributed by atoms with Crippen LogP contribution in [0.4, 0.5) is 0 Å². The SMILES string of the molecule is Cc1ccc([C@@H]2O[C@]23CCCc2ccccc2C3=O)cc1. The van der Waals surface area contributed by atoms with Crippen LogP contribution in [0.1, 0.15) is 46.0 Å². The minimum absolute atomic E-state index is 0.0724. The molecule has 21 heavy (non-hydrogen) atoms. The van der Waals surface area contributed by atoms with Gasteiger partial charge in [-0.25, -0.2) is 0 Å². The summed E-state index contributed by atoms with van der Waals surface area (Å²) in [6, 6.07) is 16.3. The summed E-state index contributed by atoms with van der Waals surface area (Å²) in [5.41, 5.74) is 3.75. The molecule has 4 rings (SSSR count). The molecule has 0 N–H and O–H groups in total. The van der Waals surface area contributed by atoms with Crippen molar-refractivity contribution in [3.63, 3.8) is 0 Å². The number of aryl methyl sites for hydroxylation is 2. The second-order valence-corrected chi connectivity index (χ2v) is 6.14. The number of benzene rings is 2. The summed E-state index contributed by atoms with van der Waals surface area (Å²) in [5, 5.41) is 0. The molecule has 0 aromatic heterocycles. The Hall–Kier alpha value is -1.93. The number of carbonyl (C=O) groups is 1. The zero-order valence-electron chi connectivity index (χ0n) is 12.1. The molecule has 2 aromatic rings. The van der Waals surface area contributed by atoms with E-state index in [0.29, 0.717) is 0 Å². The number of carbonyl (C=O) groups excluding carboxylic acids is 1. The highest BCUT2D eigenvalue weighted by molar-refractivity contribution is 6.06. The van der Waals surface area contributed by atoms with E-state index in [4.69, 9.17) is 4.74 Å². The van der Waals surface area contributed by atoms with Gasteiger partial charge in [-0.1, -0.05) is 54.1 Å². The van der Waals surface area contributed by atoms with Gasteiger partial charge in [-0.3, -0.25) is 4.79 Å². The van der Waals surface area contributed by atoms with E-state index < -0.39 is 5.60 Å². The van der Waals surface area contributed by atoms with Gasteiger partial charge < -0.3 is 4.74 Å². The van der Waals surface area contributed by atoms with Crippen molar-refractivity contribution >= 4 is 5.78 Å². The molecular weight excluding hydrogens is 260 g/mol. The quantitative estimate of drug-likeness (QED) is 0.737. The lowest BCUT2D eigenvalue weighted by atomic mass is 9.89. The van der Waals surface area contributed by atoms with E-state index in [1.54, 1.807) is 0 Å². The molecule has 1 saturated heterocycles. The number of epoxide rings is 1. The Balaban J connectivity index is 1.70. The molecule has 0 amide bonds. The Morgan fingerprint density at radius 1 is 1.10 bits per heavy atom. The Labute approximate surface area is 124 Å². The molecule has 2 atom stereocenters. The molecule has 0 radical (unpaired) electrons. The molecular formula is C19H18O2. The van der Waals surface area contributed by atoms with Crippen LogP contribution in [0.15, 0.2) is 48.5 Å². The highest BCUT2D eigenvalue weighted by Crippen LogP contribution is 2.55. The Morgan fingerprint density at radius 3 is 2.67 bits per heavy atom. The van der Waals surface area contributed by atoms with Crippen LogP contribution in [-0.4, -0.2) is 11.4 Å². The third-order valence-corrected chi connectivity index (χ3v) is 4.72. The van der Waals surface area contributed by atoms with E-state index in [2.05, 4.69) is 37.3 Å². The molecule has 1 aliphatic heterocycles. The van der Waals surface area contributed by atoms with Crippen LogP contribution in [0.2, 0.25) is 0 Å². The molecule has 0 saturated carbocycles. The average Bonchev–Trinajstić information content (AvgIpc) is 3.25. The third kappa shape index (κ3) is 1.94. The molecule has 106 valence electrons. The van der Waals surface area contributed by atoms with Crippen LogP contribution < -0.4 is 0 Å². The van der Waals surface area contributed by atoms with E-state index in [9.17, 15) is 4.79 Å². The molecule has 0 unspecified atom stereocenters. The molecule has 1 aliphatic carbocycles. The predicted molar refractivity (Wildman–Crippen MR) is 81.4 cm³/mol.